The molecule has 0 radical (unpaired) electrons. The lowest BCUT2D eigenvalue weighted by molar-refractivity contribution is 0.507. The molecule has 0 amide bonds. The van der Waals surface area contributed by atoms with Gasteiger partial charge in [0.2, 0.25) is 0 Å². The second-order valence-electron chi connectivity index (χ2n) is 5.04. The van der Waals surface area contributed by atoms with Gasteiger partial charge in [0, 0.05) is 11.4 Å². The van der Waals surface area contributed by atoms with E-state index in [1.54, 1.807) is 11.8 Å². The van der Waals surface area contributed by atoms with Crippen LogP contribution in [0.4, 0.5) is 5.69 Å². The van der Waals surface area contributed by atoms with Crippen molar-refractivity contribution in [2.45, 2.75) is 39.7 Å². The van der Waals surface area contributed by atoms with E-state index in [1.807, 2.05) is 19.9 Å². The Morgan fingerprint density at radius 3 is 2.71 bits per heavy atom. The van der Waals surface area contributed by atoms with E-state index in [0.717, 1.165) is 34.4 Å². The van der Waals surface area contributed by atoms with Gasteiger partial charge in [-0.3, -0.25) is 9.98 Å². The lowest BCUT2D eigenvalue weighted by atomic mass is 10.0. The van der Waals surface area contributed by atoms with Gasteiger partial charge in [-0.15, -0.1) is 0 Å². The van der Waals surface area contributed by atoms with E-state index in [4.69, 9.17) is 4.99 Å². The summed E-state index contributed by atoms with van der Waals surface area (Å²) in [6, 6.07) is 4.09. The summed E-state index contributed by atoms with van der Waals surface area (Å²) in [5.41, 5.74) is 3.18. The monoisotopic (exact) mass is 249 g/mol. The van der Waals surface area contributed by atoms with Crippen molar-refractivity contribution < 1.29 is 0 Å². The number of hydrogen-bond donors (Lipinski definition) is 1. The molecule has 0 aliphatic carbocycles. The van der Waals surface area contributed by atoms with Gasteiger partial charge in [0.15, 0.2) is 5.17 Å². The van der Waals surface area contributed by atoms with E-state index in [9.17, 15) is 0 Å². The number of rotatable bonds is 1. The van der Waals surface area contributed by atoms with E-state index in [-0.39, 0.29) is 5.54 Å². The maximum absolute atomic E-state index is 4.71. The number of anilines is 1. The molecule has 0 atom stereocenters. The van der Waals surface area contributed by atoms with Crippen LogP contribution in [0.1, 0.15) is 31.7 Å². The Labute approximate surface area is 107 Å². The van der Waals surface area contributed by atoms with E-state index in [0.29, 0.717) is 0 Å². The molecule has 4 heteroatoms. The minimum Gasteiger partial charge on any atom is -0.333 e. The molecule has 1 aliphatic rings. The molecule has 2 rings (SSSR count). The molecule has 0 spiro atoms. The number of nitrogens with one attached hydrogen (secondary N) is 1. The number of nitrogens with zero attached hydrogens (tertiary/aromatic N) is 2. The predicted molar refractivity (Wildman–Crippen MR) is 75.9 cm³/mol. The first-order valence-corrected chi connectivity index (χ1v) is 6.89. The van der Waals surface area contributed by atoms with Crippen molar-refractivity contribution in [3.63, 3.8) is 0 Å². The Bertz CT molecular complexity index is 452. The molecule has 2 heterocycles. The van der Waals surface area contributed by atoms with Gasteiger partial charge < -0.3 is 5.32 Å². The van der Waals surface area contributed by atoms with Gasteiger partial charge in [0.1, 0.15) is 0 Å². The van der Waals surface area contributed by atoms with Gasteiger partial charge in [0.25, 0.3) is 0 Å². The molecule has 0 saturated heterocycles. The summed E-state index contributed by atoms with van der Waals surface area (Å²) in [7, 11) is 0. The lowest BCUT2D eigenvalue weighted by Crippen LogP contribution is -2.27. The van der Waals surface area contributed by atoms with Crippen LogP contribution in [0.3, 0.4) is 0 Å². The third-order valence-corrected chi connectivity index (χ3v) is 3.70. The summed E-state index contributed by atoms with van der Waals surface area (Å²) in [6.07, 6.45) is 1.13. The second kappa shape index (κ2) is 4.69. The zero-order valence-electron chi connectivity index (χ0n) is 10.9. The zero-order valence-corrected chi connectivity index (χ0v) is 11.7. The second-order valence-corrected chi connectivity index (χ2v) is 6.12. The number of hydrogen-bond acceptors (Lipinski definition) is 4. The standard InChI is InChI=1S/C13H19N3S/c1-9-5-6-11(10(2)14-9)15-12-16-13(3,4)7-8-17-12/h5-6H,7-8H2,1-4H3,(H,15,16). The smallest absolute Gasteiger partial charge is 0.161 e. The molecule has 0 unspecified atom stereocenters. The van der Waals surface area contributed by atoms with Crippen LogP contribution < -0.4 is 5.32 Å². The Morgan fingerprint density at radius 2 is 2.06 bits per heavy atom. The molecule has 1 aromatic heterocycles. The quantitative estimate of drug-likeness (QED) is 0.829. The summed E-state index contributed by atoms with van der Waals surface area (Å²) >= 11 is 1.78. The van der Waals surface area contributed by atoms with E-state index in [1.165, 1.54) is 0 Å². The van der Waals surface area contributed by atoms with Crippen molar-refractivity contribution in [1.29, 1.82) is 0 Å². The van der Waals surface area contributed by atoms with Crippen LogP contribution in [0.5, 0.6) is 0 Å². The summed E-state index contributed by atoms with van der Waals surface area (Å²) in [5, 5.41) is 4.39. The highest BCUT2D eigenvalue weighted by Crippen LogP contribution is 2.27. The summed E-state index contributed by atoms with van der Waals surface area (Å²) in [4.78, 5) is 9.16. The summed E-state index contributed by atoms with van der Waals surface area (Å²) < 4.78 is 0. The molecule has 0 aromatic carbocycles. The Morgan fingerprint density at radius 1 is 1.29 bits per heavy atom. The van der Waals surface area contributed by atoms with Crippen molar-refractivity contribution >= 4 is 22.6 Å². The molecule has 1 N–H and O–H groups in total. The Balaban J connectivity index is 2.18. The fraction of sp³-hybridized carbons (Fsp3) is 0.538. The Hall–Kier alpha value is -1.03. The largest absolute Gasteiger partial charge is 0.333 e. The molecule has 17 heavy (non-hydrogen) atoms. The average Bonchev–Trinajstić information content (AvgIpc) is 2.21. The van der Waals surface area contributed by atoms with Crippen LogP contribution >= 0.6 is 11.8 Å². The van der Waals surface area contributed by atoms with Crippen molar-refractivity contribution in [2.75, 3.05) is 11.1 Å². The fourth-order valence-corrected chi connectivity index (χ4v) is 3.05. The minimum atomic E-state index is 0.0552. The lowest BCUT2D eigenvalue weighted by Gasteiger charge is -2.26. The van der Waals surface area contributed by atoms with Gasteiger partial charge in [-0.05, 0) is 46.2 Å². The zero-order chi connectivity index (χ0) is 12.5. The number of amidine groups is 1. The van der Waals surface area contributed by atoms with Gasteiger partial charge in [-0.25, -0.2) is 0 Å². The number of aliphatic imine (C=N–C) groups is 1. The molecule has 0 fully saturated rings. The highest BCUT2D eigenvalue weighted by molar-refractivity contribution is 8.14. The molecule has 92 valence electrons. The van der Waals surface area contributed by atoms with Crippen molar-refractivity contribution in [3.05, 3.63) is 23.5 Å². The number of aryl methyl sites for hydroxylation is 2. The van der Waals surface area contributed by atoms with Crippen LogP contribution in [0.15, 0.2) is 17.1 Å². The molecular weight excluding hydrogens is 230 g/mol. The molecular formula is C13H19N3S. The maximum atomic E-state index is 4.71. The van der Waals surface area contributed by atoms with Gasteiger partial charge in [0.05, 0.1) is 16.9 Å². The van der Waals surface area contributed by atoms with Crippen LogP contribution in [-0.2, 0) is 0 Å². The van der Waals surface area contributed by atoms with Gasteiger partial charge >= 0.3 is 0 Å². The molecule has 0 bridgehead atoms. The van der Waals surface area contributed by atoms with Crippen LogP contribution in [-0.4, -0.2) is 21.4 Å². The van der Waals surface area contributed by atoms with Crippen LogP contribution in [0.25, 0.3) is 0 Å². The first-order valence-electron chi connectivity index (χ1n) is 5.90. The van der Waals surface area contributed by atoms with Crippen LogP contribution in [0, 0.1) is 13.8 Å². The third kappa shape index (κ3) is 3.22. The van der Waals surface area contributed by atoms with E-state index >= 15 is 0 Å². The molecule has 0 saturated carbocycles. The SMILES string of the molecule is Cc1ccc(NC2=NC(C)(C)CCS2)c(C)n1. The highest BCUT2D eigenvalue weighted by atomic mass is 32.2. The molecule has 1 aliphatic heterocycles. The first-order chi connectivity index (χ1) is 7.96. The summed E-state index contributed by atoms with van der Waals surface area (Å²) in [6.45, 7) is 8.38. The number of aromatic nitrogens is 1. The van der Waals surface area contributed by atoms with E-state index < -0.39 is 0 Å². The summed E-state index contributed by atoms with van der Waals surface area (Å²) in [5.74, 6) is 1.12. The normalized spacial score (nSPS) is 18.7. The third-order valence-electron chi connectivity index (χ3n) is 2.82. The van der Waals surface area contributed by atoms with Gasteiger partial charge in [-0.2, -0.15) is 0 Å². The fourth-order valence-electron chi connectivity index (χ4n) is 1.76. The first kappa shape index (κ1) is 12.4. The van der Waals surface area contributed by atoms with Crippen molar-refractivity contribution in [2.24, 2.45) is 4.99 Å². The highest BCUT2D eigenvalue weighted by Gasteiger charge is 2.22. The number of pyridine rings is 1. The predicted octanol–water partition coefficient (Wildman–Crippen LogP) is 3.38. The van der Waals surface area contributed by atoms with Crippen molar-refractivity contribution in [1.82, 2.24) is 4.98 Å². The Kier molecular flexibility index (Phi) is 3.43. The van der Waals surface area contributed by atoms with Crippen LogP contribution in [0.2, 0.25) is 0 Å². The van der Waals surface area contributed by atoms with Crippen molar-refractivity contribution in [3.8, 4) is 0 Å². The maximum Gasteiger partial charge on any atom is 0.161 e. The number of thioether (sulfide) groups is 1. The molecule has 1 aromatic rings. The van der Waals surface area contributed by atoms with E-state index in [2.05, 4.69) is 30.2 Å². The molecule has 3 nitrogen and oxygen atoms in total. The van der Waals surface area contributed by atoms with Gasteiger partial charge in [-0.1, -0.05) is 11.8 Å². The minimum absolute atomic E-state index is 0.0552. The average molecular weight is 249 g/mol. The topological polar surface area (TPSA) is 37.3 Å².